The first-order valence-corrected chi connectivity index (χ1v) is 7.07. The zero-order valence-electron chi connectivity index (χ0n) is 10.3. The fraction of sp³-hybridized carbons (Fsp3) is 0.333. The highest BCUT2D eigenvalue weighted by Crippen LogP contribution is 2.23. The summed E-state index contributed by atoms with van der Waals surface area (Å²) in [5.74, 6) is -0.399. The van der Waals surface area contributed by atoms with Crippen LogP contribution in [0.5, 0.6) is 0 Å². The van der Waals surface area contributed by atoms with E-state index in [0.717, 1.165) is 5.52 Å². The molecule has 2 rings (SSSR count). The Hall–Kier alpha value is -1.21. The number of nitrogens with zero attached hydrogens (tertiary/aromatic N) is 1. The minimum Gasteiger partial charge on any atom is -0.356 e. The fourth-order valence-corrected chi connectivity index (χ4v) is 2.52. The summed E-state index contributed by atoms with van der Waals surface area (Å²) in [6.07, 6.45) is 0.312. The van der Waals surface area contributed by atoms with E-state index < -0.39 is 0 Å². The lowest BCUT2D eigenvalue weighted by atomic mass is 10.3. The molecule has 4 nitrogen and oxygen atoms in total. The smallest absolute Gasteiger partial charge is 0.221 e. The highest BCUT2D eigenvalue weighted by Gasteiger charge is 2.10. The third kappa shape index (κ3) is 3.03. The molecule has 2 N–H and O–H groups in total. The molecule has 0 aliphatic heterocycles. The number of aryl methyl sites for hydroxylation is 1. The number of imidazole rings is 1. The van der Waals surface area contributed by atoms with Crippen molar-refractivity contribution in [3.63, 3.8) is 0 Å². The van der Waals surface area contributed by atoms with Gasteiger partial charge in [0.05, 0.1) is 15.5 Å². The Kier molecular flexibility index (Phi) is 4.36. The van der Waals surface area contributed by atoms with Crippen molar-refractivity contribution in [3.05, 3.63) is 27.2 Å². The zero-order valence-corrected chi connectivity index (χ0v) is 12.7. The number of halogens is 2. The van der Waals surface area contributed by atoms with E-state index in [1.165, 1.54) is 6.07 Å². The summed E-state index contributed by atoms with van der Waals surface area (Å²) in [4.78, 5) is 14.5. The molecule has 0 spiro atoms. The van der Waals surface area contributed by atoms with Gasteiger partial charge in [-0.25, -0.2) is 4.39 Å². The van der Waals surface area contributed by atoms with Gasteiger partial charge in [-0.3, -0.25) is 4.79 Å². The number of aromatic amines is 1. The van der Waals surface area contributed by atoms with Gasteiger partial charge < -0.3 is 14.9 Å². The Balaban J connectivity index is 2.32. The van der Waals surface area contributed by atoms with Crippen LogP contribution < -0.4 is 5.32 Å². The fourth-order valence-electron chi connectivity index (χ4n) is 1.87. The molecule has 1 aromatic carbocycles. The Labute approximate surface area is 123 Å². The molecule has 19 heavy (non-hydrogen) atoms. The average molecular weight is 346 g/mol. The minimum atomic E-state index is -0.353. The van der Waals surface area contributed by atoms with Gasteiger partial charge in [0.15, 0.2) is 4.77 Å². The van der Waals surface area contributed by atoms with Gasteiger partial charge in [0.2, 0.25) is 5.91 Å². The summed E-state index contributed by atoms with van der Waals surface area (Å²) < 4.78 is 16.2. The summed E-state index contributed by atoms with van der Waals surface area (Å²) in [5.41, 5.74) is 1.41. The molecule has 1 amide bonds. The second-order valence-electron chi connectivity index (χ2n) is 4.07. The first kappa shape index (κ1) is 14.2. The van der Waals surface area contributed by atoms with E-state index in [-0.39, 0.29) is 11.7 Å². The Bertz CT molecular complexity index is 679. The number of hydrogen-bond acceptors (Lipinski definition) is 2. The standard InChI is InChI=1S/C12H13BrFN3OS/c1-2-15-11(18)3-4-17-10-6-8(14)7(13)5-9(10)16-12(17)19/h5-6H,2-4H2,1H3,(H,15,18)(H,16,19). The van der Waals surface area contributed by atoms with Crippen LogP contribution in [0.15, 0.2) is 16.6 Å². The van der Waals surface area contributed by atoms with Gasteiger partial charge in [-0.1, -0.05) is 0 Å². The number of rotatable bonds is 4. The maximum atomic E-state index is 13.6. The Morgan fingerprint density at radius 2 is 2.32 bits per heavy atom. The predicted molar refractivity (Wildman–Crippen MR) is 78.1 cm³/mol. The molecule has 1 aromatic heterocycles. The van der Waals surface area contributed by atoms with Crippen molar-refractivity contribution in [1.29, 1.82) is 0 Å². The third-order valence-corrected chi connectivity index (χ3v) is 3.68. The minimum absolute atomic E-state index is 0.0451. The molecule has 0 aliphatic rings. The molecule has 0 unspecified atom stereocenters. The molecule has 0 radical (unpaired) electrons. The number of carbonyl (C=O) groups excluding carboxylic acids is 1. The first-order chi connectivity index (χ1) is 9.02. The van der Waals surface area contributed by atoms with Gasteiger partial charge in [-0.15, -0.1) is 0 Å². The molecule has 102 valence electrons. The van der Waals surface area contributed by atoms with Gasteiger partial charge >= 0.3 is 0 Å². The Morgan fingerprint density at radius 1 is 1.58 bits per heavy atom. The van der Waals surface area contributed by atoms with E-state index in [1.807, 2.05) is 6.92 Å². The largest absolute Gasteiger partial charge is 0.356 e. The number of aromatic nitrogens is 2. The highest BCUT2D eigenvalue weighted by atomic mass is 79.9. The van der Waals surface area contributed by atoms with Crippen LogP contribution in [0.2, 0.25) is 0 Å². The van der Waals surface area contributed by atoms with Crippen molar-refractivity contribution in [2.24, 2.45) is 0 Å². The summed E-state index contributed by atoms with van der Waals surface area (Å²) in [5, 5.41) is 2.72. The van der Waals surface area contributed by atoms with Crippen molar-refractivity contribution in [1.82, 2.24) is 14.9 Å². The van der Waals surface area contributed by atoms with Crippen LogP contribution in [0.25, 0.3) is 11.0 Å². The van der Waals surface area contributed by atoms with Crippen molar-refractivity contribution < 1.29 is 9.18 Å². The number of H-pyrrole nitrogens is 1. The maximum Gasteiger partial charge on any atom is 0.221 e. The molecule has 0 saturated carbocycles. The van der Waals surface area contributed by atoms with Crippen LogP contribution in [0.1, 0.15) is 13.3 Å². The van der Waals surface area contributed by atoms with Gasteiger partial charge in [0.1, 0.15) is 5.82 Å². The molecule has 0 fully saturated rings. The third-order valence-electron chi connectivity index (χ3n) is 2.75. The maximum absolute atomic E-state index is 13.6. The monoisotopic (exact) mass is 345 g/mol. The number of benzene rings is 1. The quantitative estimate of drug-likeness (QED) is 0.836. The summed E-state index contributed by atoms with van der Waals surface area (Å²) in [6, 6.07) is 3.05. The van der Waals surface area contributed by atoms with E-state index in [2.05, 4.69) is 26.2 Å². The Morgan fingerprint density at radius 3 is 3.00 bits per heavy atom. The van der Waals surface area contributed by atoms with Crippen LogP contribution in [-0.4, -0.2) is 22.0 Å². The lowest BCUT2D eigenvalue weighted by molar-refractivity contribution is -0.121. The molecule has 7 heteroatoms. The van der Waals surface area contributed by atoms with Crippen LogP contribution in [0.4, 0.5) is 4.39 Å². The van der Waals surface area contributed by atoms with E-state index in [4.69, 9.17) is 12.2 Å². The molecule has 1 heterocycles. The van der Waals surface area contributed by atoms with Gasteiger partial charge in [-0.2, -0.15) is 0 Å². The molecule has 0 atom stereocenters. The molecular weight excluding hydrogens is 333 g/mol. The van der Waals surface area contributed by atoms with Crippen LogP contribution >= 0.6 is 28.1 Å². The SMILES string of the molecule is CCNC(=O)CCn1c(=S)[nH]c2cc(Br)c(F)cc21. The first-order valence-electron chi connectivity index (χ1n) is 5.87. The number of hydrogen-bond donors (Lipinski definition) is 2. The summed E-state index contributed by atoms with van der Waals surface area (Å²) in [6.45, 7) is 2.88. The van der Waals surface area contributed by atoms with Gasteiger partial charge in [0.25, 0.3) is 0 Å². The molecular formula is C12H13BrFN3OS. The summed E-state index contributed by atoms with van der Waals surface area (Å²) in [7, 11) is 0. The van der Waals surface area contributed by atoms with Crippen molar-refractivity contribution in [2.45, 2.75) is 19.9 Å². The van der Waals surface area contributed by atoms with E-state index in [9.17, 15) is 9.18 Å². The van der Waals surface area contributed by atoms with Crippen molar-refractivity contribution in [3.8, 4) is 0 Å². The second-order valence-corrected chi connectivity index (χ2v) is 5.31. The topological polar surface area (TPSA) is 49.8 Å². The van der Waals surface area contributed by atoms with E-state index in [0.29, 0.717) is 34.3 Å². The van der Waals surface area contributed by atoms with E-state index in [1.54, 1.807) is 10.6 Å². The number of nitrogens with one attached hydrogen (secondary N) is 2. The predicted octanol–water partition coefficient (Wildman–Crippen LogP) is 3.13. The average Bonchev–Trinajstić information content (AvgIpc) is 2.63. The molecule has 0 aliphatic carbocycles. The number of fused-ring (bicyclic) bond motifs is 1. The summed E-state index contributed by atoms with van der Waals surface area (Å²) >= 11 is 8.32. The molecule has 0 saturated heterocycles. The van der Waals surface area contributed by atoms with Crippen LogP contribution in [0, 0.1) is 10.6 Å². The lowest BCUT2D eigenvalue weighted by Crippen LogP contribution is -2.23. The molecule has 0 bridgehead atoms. The second kappa shape index (κ2) is 5.83. The number of amides is 1. The van der Waals surface area contributed by atoms with Crippen LogP contribution in [-0.2, 0) is 11.3 Å². The number of carbonyl (C=O) groups is 1. The normalized spacial score (nSPS) is 10.9. The zero-order chi connectivity index (χ0) is 14.0. The lowest BCUT2D eigenvalue weighted by Gasteiger charge is -2.05. The van der Waals surface area contributed by atoms with Crippen molar-refractivity contribution in [2.75, 3.05) is 6.54 Å². The van der Waals surface area contributed by atoms with Crippen LogP contribution in [0.3, 0.4) is 0 Å². The van der Waals surface area contributed by atoms with Gasteiger partial charge in [0, 0.05) is 25.6 Å². The molecule has 2 aromatic rings. The van der Waals surface area contributed by atoms with Gasteiger partial charge in [-0.05, 0) is 41.1 Å². The van der Waals surface area contributed by atoms with E-state index >= 15 is 0 Å². The highest BCUT2D eigenvalue weighted by molar-refractivity contribution is 9.10. The van der Waals surface area contributed by atoms with Crippen molar-refractivity contribution >= 4 is 45.1 Å².